The van der Waals surface area contributed by atoms with Gasteiger partial charge in [0.1, 0.15) is 18.2 Å². The summed E-state index contributed by atoms with van der Waals surface area (Å²) in [5.74, 6) is 0.372. The second-order valence-corrected chi connectivity index (χ2v) is 8.29. The molecule has 0 heterocycles. The topological polar surface area (TPSA) is 43.4 Å². The van der Waals surface area contributed by atoms with Crippen molar-refractivity contribution in [2.75, 3.05) is 0 Å². The average Bonchev–Trinajstić information content (AvgIpc) is 2.73. The van der Waals surface area contributed by atoms with Crippen LogP contribution in [-0.2, 0) is 22.9 Å². The minimum absolute atomic E-state index is 0.250. The Kier molecular flexibility index (Phi) is 6.62. The zero-order valence-electron chi connectivity index (χ0n) is 15.8. The molecule has 0 aliphatic carbocycles. The predicted octanol–water partition coefficient (Wildman–Crippen LogP) is 5.58. The number of hydrogen-bond donors (Lipinski definition) is 0. The van der Waals surface area contributed by atoms with Crippen LogP contribution in [0.3, 0.4) is 0 Å². The molecule has 0 spiro atoms. The van der Waals surface area contributed by atoms with Gasteiger partial charge in [0.05, 0.1) is 4.90 Å². The Morgan fingerprint density at radius 1 is 0.931 bits per heavy atom. The van der Waals surface area contributed by atoms with Crippen molar-refractivity contribution in [3.8, 4) is 5.75 Å². The number of sulfone groups is 1. The summed E-state index contributed by atoms with van der Waals surface area (Å²) < 4.78 is 43.6. The van der Waals surface area contributed by atoms with Crippen molar-refractivity contribution in [3.05, 3.63) is 113 Å². The van der Waals surface area contributed by atoms with E-state index >= 15 is 0 Å². The molecule has 3 rings (SSSR count). The molecule has 0 amide bonds. The molecule has 29 heavy (non-hydrogen) atoms. The quantitative estimate of drug-likeness (QED) is 0.489. The van der Waals surface area contributed by atoms with Crippen molar-refractivity contribution in [1.82, 2.24) is 0 Å². The molecule has 0 unspecified atom stereocenters. The lowest BCUT2D eigenvalue weighted by Crippen LogP contribution is -1.97. The van der Waals surface area contributed by atoms with E-state index in [0.29, 0.717) is 12.2 Å². The molecule has 0 aromatic heterocycles. The molecular weight excluding hydrogens is 387 g/mol. The van der Waals surface area contributed by atoms with Crippen molar-refractivity contribution in [1.29, 1.82) is 0 Å². The van der Waals surface area contributed by atoms with Crippen molar-refractivity contribution < 1.29 is 17.5 Å². The highest BCUT2D eigenvalue weighted by Gasteiger charge is 2.09. The number of allylic oxidation sites excluding steroid dienone is 1. The molecule has 0 fully saturated rings. The van der Waals surface area contributed by atoms with E-state index in [-0.39, 0.29) is 17.3 Å². The molecular formula is C24H21FO3S. The largest absolute Gasteiger partial charge is 0.489 e. The Balaban J connectivity index is 1.57. The van der Waals surface area contributed by atoms with Gasteiger partial charge in [0.2, 0.25) is 0 Å². The van der Waals surface area contributed by atoms with Crippen LogP contribution in [0, 0.1) is 5.82 Å². The maximum atomic E-state index is 13.2. The molecule has 0 aliphatic rings. The summed E-state index contributed by atoms with van der Waals surface area (Å²) >= 11 is 0. The minimum atomic E-state index is -3.48. The smallest absolute Gasteiger partial charge is 0.199 e. The Hall–Kier alpha value is -3.18. The van der Waals surface area contributed by atoms with Gasteiger partial charge in [-0.15, -0.1) is 0 Å². The Morgan fingerprint density at radius 2 is 1.66 bits per heavy atom. The molecule has 148 valence electrons. The highest BCUT2D eigenvalue weighted by atomic mass is 32.2. The van der Waals surface area contributed by atoms with Crippen LogP contribution in [0.5, 0.6) is 5.75 Å². The van der Waals surface area contributed by atoms with Crippen molar-refractivity contribution in [3.63, 3.8) is 0 Å². The third kappa shape index (κ3) is 5.90. The molecule has 0 N–H and O–H groups in total. The van der Waals surface area contributed by atoms with E-state index in [1.54, 1.807) is 48.6 Å². The van der Waals surface area contributed by atoms with Crippen LogP contribution in [0.15, 0.2) is 95.8 Å². The Bertz CT molecular complexity index is 1100. The fraction of sp³-hybridized carbons (Fsp3) is 0.0833. The van der Waals surface area contributed by atoms with Gasteiger partial charge in [-0.25, -0.2) is 12.8 Å². The van der Waals surface area contributed by atoms with Crippen LogP contribution in [0.2, 0.25) is 0 Å². The van der Waals surface area contributed by atoms with Gasteiger partial charge in [-0.1, -0.05) is 55.1 Å². The van der Waals surface area contributed by atoms with Crippen LogP contribution < -0.4 is 4.74 Å². The molecule has 0 saturated carbocycles. The second kappa shape index (κ2) is 9.34. The molecule has 0 radical (unpaired) electrons. The first-order chi connectivity index (χ1) is 14.0. The Labute approximate surface area is 170 Å². The summed E-state index contributed by atoms with van der Waals surface area (Å²) in [5.41, 5.74) is 2.58. The summed E-state index contributed by atoms with van der Waals surface area (Å²) in [6.45, 7) is 3.93. The van der Waals surface area contributed by atoms with E-state index in [0.717, 1.165) is 16.7 Å². The highest BCUT2D eigenvalue weighted by Crippen LogP contribution is 2.17. The standard InChI is InChI=1S/C24H21FO3S/c1-2-19-10-14-24(15-11-19)29(26,27)16-4-6-20-8-12-23(13-9-20)28-18-21-5-3-7-22(25)17-21/h2-5,7-17H,1,6,18H2/b16-4-. The maximum absolute atomic E-state index is 13.2. The Morgan fingerprint density at radius 3 is 2.31 bits per heavy atom. The van der Waals surface area contributed by atoms with E-state index in [1.165, 1.54) is 17.5 Å². The zero-order chi connectivity index (χ0) is 20.7. The first-order valence-electron chi connectivity index (χ1n) is 9.06. The van der Waals surface area contributed by atoms with Crippen molar-refractivity contribution >= 4 is 15.9 Å². The lowest BCUT2D eigenvalue weighted by atomic mass is 10.1. The first kappa shape index (κ1) is 20.6. The van der Waals surface area contributed by atoms with Gasteiger partial charge in [-0.3, -0.25) is 0 Å². The van der Waals surface area contributed by atoms with E-state index in [1.807, 2.05) is 24.3 Å². The van der Waals surface area contributed by atoms with Gasteiger partial charge in [0, 0.05) is 5.41 Å². The van der Waals surface area contributed by atoms with Crippen LogP contribution in [-0.4, -0.2) is 8.42 Å². The fourth-order valence-corrected chi connectivity index (χ4v) is 3.72. The SMILES string of the molecule is C=Cc1ccc(S(=O)(=O)/C=C\Cc2ccc(OCc3cccc(F)c3)cc2)cc1. The molecule has 5 heteroatoms. The van der Waals surface area contributed by atoms with E-state index in [2.05, 4.69) is 6.58 Å². The minimum Gasteiger partial charge on any atom is -0.489 e. The summed E-state index contributed by atoms with van der Waals surface area (Å²) in [6, 6.07) is 20.2. The number of ether oxygens (including phenoxy) is 1. The number of hydrogen-bond acceptors (Lipinski definition) is 3. The second-order valence-electron chi connectivity index (χ2n) is 6.46. The van der Waals surface area contributed by atoms with E-state index in [9.17, 15) is 12.8 Å². The number of rotatable bonds is 8. The average molecular weight is 408 g/mol. The first-order valence-corrected chi connectivity index (χ1v) is 10.6. The normalized spacial score (nSPS) is 11.5. The van der Waals surface area contributed by atoms with Gasteiger partial charge < -0.3 is 4.74 Å². The lowest BCUT2D eigenvalue weighted by molar-refractivity contribution is 0.305. The number of benzene rings is 3. The summed E-state index contributed by atoms with van der Waals surface area (Å²) in [5, 5.41) is 1.23. The molecule has 3 nitrogen and oxygen atoms in total. The van der Waals surface area contributed by atoms with Gasteiger partial charge in [0.25, 0.3) is 0 Å². The summed E-state index contributed by atoms with van der Waals surface area (Å²) in [6.07, 6.45) is 3.77. The molecule has 3 aromatic rings. The van der Waals surface area contributed by atoms with Crippen molar-refractivity contribution in [2.24, 2.45) is 0 Å². The van der Waals surface area contributed by atoms with Gasteiger partial charge in [-0.05, 0) is 59.5 Å². The summed E-state index contributed by atoms with van der Waals surface area (Å²) in [7, 11) is -3.48. The fourth-order valence-electron chi connectivity index (χ4n) is 2.70. The maximum Gasteiger partial charge on any atom is 0.199 e. The van der Waals surface area contributed by atoms with Gasteiger partial charge >= 0.3 is 0 Å². The summed E-state index contributed by atoms with van der Waals surface area (Å²) in [4.78, 5) is 0.250. The molecule has 0 saturated heterocycles. The van der Waals surface area contributed by atoms with Crippen molar-refractivity contribution in [2.45, 2.75) is 17.9 Å². The lowest BCUT2D eigenvalue weighted by Gasteiger charge is -2.07. The van der Waals surface area contributed by atoms with Gasteiger partial charge in [-0.2, -0.15) is 0 Å². The number of halogens is 1. The highest BCUT2D eigenvalue weighted by molar-refractivity contribution is 7.94. The van der Waals surface area contributed by atoms with Crippen LogP contribution in [0.1, 0.15) is 16.7 Å². The van der Waals surface area contributed by atoms with Crippen LogP contribution in [0.25, 0.3) is 6.08 Å². The third-order valence-electron chi connectivity index (χ3n) is 4.29. The molecule has 3 aromatic carbocycles. The molecule has 0 bridgehead atoms. The molecule has 0 aliphatic heterocycles. The van der Waals surface area contributed by atoms with E-state index in [4.69, 9.17) is 4.74 Å². The predicted molar refractivity (Wildman–Crippen MR) is 114 cm³/mol. The zero-order valence-corrected chi connectivity index (χ0v) is 16.6. The monoisotopic (exact) mass is 408 g/mol. The molecule has 0 atom stereocenters. The van der Waals surface area contributed by atoms with Gasteiger partial charge in [0.15, 0.2) is 9.84 Å². The van der Waals surface area contributed by atoms with Crippen LogP contribution in [0.4, 0.5) is 4.39 Å². The third-order valence-corrected chi connectivity index (χ3v) is 5.77. The van der Waals surface area contributed by atoms with Crippen LogP contribution >= 0.6 is 0 Å². The van der Waals surface area contributed by atoms with E-state index < -0.39 is 9.84 Å².